The highest BCUT2D eigenvalue weighted by Crippen LogP contribution is 2.16. The molecule has 21 heavy (non-hydrogen) atoms. The van der Waals surface area contributed by atoms with Gasteiger partial charge in [-0.1, -0.05) is 19.1 Å². The van der Waals surface area contributed by atoms with Gasteiger partial charge in [0.2, 0.25) is 0 Å². The molecule has 0 aromatic heterocycles. The molecule has 1 aromatic rings. The van der Waals surface area contributed by atoms with Gasteiger partial charge in [0, 0.05) is 32.2 Å². The maximum Gasteiger partial charge on any atom is 0.317 e. The van der Waals surface area contributed by atoms with Crippen LogP contribution in [0.2, 0.25) is 0 Å². The summed E-state index contributed by atoms with van der Waals surface area (Å²) in [5.41, 5.74) is 1.13. The molecule has 2 amide bonds. The second kappa shape index (κ2) is 7.41. The van der Waals surface area contributed by atoms with Crippen LogP contribution < -0.4 is 10.6 Å². The Morgan fingerprint density at radius 1 is 1.43 bits per heavy atom. The molecule has 4 nitrogen and oxygen atoms in total. The first-order valence-electron chi connectivity index (χ1n) is 7.61. The summed E-state index contributed by atoms with van der Waals surface area (Å²) in [7, 11) is 0. The predicted molar refractivity (Wildman–Crippen MR) is 81.9 cm³/mol. The van der Waals surface area contributed by atoms with E-state index < -0.39 is 0 Å². The first-order chi connectivity index (χ1) is 10.1. The molecule has 2 N–H and O–H groups in total. The number of rotatable bonds is 5. The van der Waals surface area contributed by atoms with E-state index in [1.165, 1.54) is 12.1 Å². The largest absolute Gasteiger partial charge is 0.338 e. The molecule has 116 valence electrons. The number of carbonyl (C=O) groups excluding carboxylic acids is 1. The van der Waals surface area contributed by atoms with E-state index in [1.54, 1.807) is 0 Å². The zero-order valence-corrected chi connectivity index (χ0v) is 12.7. The Labute approximate surface area is 125 Å². The normalized spacial score (nSPS) is 19.6. The van der Waals surface area contributed by atoms with E-state index in [-0.39, 0.29) is 11.8 Å². The van der Waals surface area contributed by atoms with E-state index >= 15 is 0 Å². The number of urea groups is 1. The van der Waals surface area contributed by atoms with Crippen molar-refractivity contribution in [2.75, 3.05) is 26.2 Å². The highest BCUT2D eigenvalue weighted by atomic mass is 19.1. The Bertz CT molecular complexity index is 463. The molecule has 0 bridgehead atoms. The van der Waals surface area contributed by atoms with Crippen molar-refractivity contribution < 1.29 is 9.18 Å². The van der Waals surface area contributed by atoms with Gasteiger partial charge in [-0.3, -0.25) is 0 Å². The minimum Gasteiger partial charge on any atom is -0.338 e. The van der Waals surface area contributed by atoms with Crippen LogP contribution in [0.5, 0.6) is 0 Å². The topological polar surface area (TPSA) is 44.4 Å². The Morgan fingerprint density at radius 2 is 2.14 bits per heavy atom. The smallest absolute Gasteiger partial charge is 0.317 e. The SMILES string of the molecule is CCNC(=O)N1CC[C@H](NC[C@@H](C)c2ccc(F)cc2)C1. The Hall–Kier alpha value is -1.62. The highest BCUT2D eigenvalue weighted by Gasteiger charge is 2.25. The molecular weight excluding hydrogens is 269 g/mol. The first kappa shape index (κ1) is 15.8. The van der Waals surface area contributed by atoms with Crippen molar-refractivity contribution in [1.29, 1.82) is 0 Å². The van der Waals surface area contributed by atoms with Crippen LogP contribution in [-0.2, 0) is 0 Å². The van der Waals surface area contributed by atoms with Gasteiger partial charge in [-0.2, -0.15) is 0 Å². The molecule has 0 radical (unpaired) electrons. The summed E-state index contributed by atoms with van der Waals surface area (Å²) >= 11 is 0. The summed E-state index contributed by atoms with van der Waals surface area (Å²) in [6, 6.07) is 7.02. The van der Waals surface area contributed by atoms with Gasteiger partial charge < -0.3 is 15.5 Å². The van der Waals surface area contributed by atoms with Crippen LogP contribution in [0.25, 0.3) is 0 Å². The summed E-state index contributed by atoms with van der Waals surface area (Å²) in [5, 5.41) is 6.33. The number of carbonyl (C=O) groups is 1. The average molecular weight is 293 g/mol. The van der Waals surface area contributed by atoms with E-state index in [1.807, 2.05) is 24.0 Å². The molecule has 2 rings (SSSR count). The van der Waals surface area contributed by atoms with Crippen molar-refractivity contribution in [2.45, 2.75) is 32.2 Å². The number of hydrogen-bond donors (Lipinski definition) is 2. The number of benzene rings is 1. The molecule has 5 heteroatoms. The lowest BCUT2D eigenvalue weighted by molar-refractivity contribution is 0.208. The maximum absolute atomic E-state index is 12.9. The third-order valence-electron chi connectivity index (χ3n) is 3.96. The number of halogens is 1. The standard InChI is InChI=1S/C16H24FN3O/c1-3-18-16(21)20-9-8-15(11-20)19-10-12(2)13-4-6-14(17)7-5-13/h4-7,12,15,19H,3,8-11H2,1-2H3,(H,18,21)/t12-,15+/m1/s1. The predicted octanol–water partition coefficient (Wildman–Crippen LogP) is 2.32. The number of amides is 2. The molecule has 2 atom stereocenters. The van der Waals surface area contributed by atoms with E-state index in [4.69, 9.17) is 0 Å². The van der Waals surface area contributed by atoms with E-state index in [9.17, 15) is 9.18 Å². The molecule has 1 aliphatic rings. The van der Waals surface area contributed by atoms with Crippen molar-refractivity contribution in [2.24, 2.45) is 0 Å². The van der Waals surface area contributed by atoms with Gasteiger partial charge in [-0.25, -0.2) is 9.18 Å². The number of likely N-dealkylation sites (tertiary alicyclic amines) is 1. The fraction of sp³-hybridized carbons (Fsp3) is 0.562. The third-order valence-corrected chi connectivity index (χ3v) is 3.96. The lowest BCUT2D eigenvalue weighted by Crippen LogP contribution is -2.41. The minimum absolute atomic E-state index is 0.0217. The second-order valence-corrected chi connectivity index (χ2v) is 5.63. The van der Waals surface area contributed by atoms with Crippen LogP contribution in [0.4, 0.5) is 9.18 Å². The number of nitrogens with one attached hydrogen (secondary N) is 2. The van der Waals surface area contributed by atoms with Crippen molar-refractivity contribution in [3.63, 3.8) is 0 Å². The third kappa shape index (κ3) is 4.43. The zero-order valence-electron chi connectivity index (χ0n) is 12.7. The summed E-state index contributed by atoms with van der Waals surface area (Å²) in [4.78, 5) is 13.6. The number of nitrogens with zero attached hydrogens (tertiary/aromatic N) is 1. The zero-order chi connectivity index (χ0) is 15.2. The first-order valence-corrected chi connectivity index (χ1v) is 7.61. The van der Waals surface area contributed by atoms with Crippen molar-refractivity contribution in [1.82, 2.24) is 15.5 Å². The molecule has 0 spiro atoms. The maximum atomic E-state index is 12.9. The molecule has 0 aliphatic carbocycles. The molecule has 1 aliphatic heterocycles. The molecular formula is C16H24FN3O. The van der Waals surface area contributed by atoms with Crippen LogP contribution in [0.3, 0.4) is 0 Å². The summed E-state index contributed by atoms with van der Waals surface area (Å²) < 4.78 is 12.9. The lowest BCUT2D eigenvalue weighted by Gasteiger charge is -2.19. The average Bonchev–Trinajstić information content (AvgIpc) is 2.95. The van der Waals surface area contributed by atoms with Crippen molar-refractivity contribution in [3.8, 4) is 0 Å². The van der Waals surface area contributed by atoms with Crippen LogP contribution in [0.1, 0.15) is 31.7 Å². The van der Waals surface area contributed by atoms with Gasteiger partial charge in [-0.05, 0) is 37.0 Å². The highest BCUT2D eigenvalue weighted by molar-refractivity contribution is 5.74. The van der Waals surface area contributed by atoms with Gasteiger partial charge in [0.25, 0.3) is 0 Å². The minimum atomic E-state index is -0.202. The Balaban J connectivity index is 1.76. The molecule has 1 heterocycles. The summed E-state index contributed by atoms with van der Waals surface area (Å²) in [5.74, 6) is 0.122. The van der Waals surface area contributed by atoms with Crippen molar-refractivity contribution >= 4 is 6.03 Å². The summed E-state index contributed by atoms with van der Waals surface area (Å²) in [6.45, 7) is 7.09. The molecule has 0 saturated carbocycles. The quantitative estimate of drug-likeness (QED) is 0.875. The summed E-state index contributed by atoms with van der Waals surface area (Å²) in [6.07, 6.45) is 0.979. The van der Waals surface area contributed by atoms with Gasteiger partial charge >= 0.3 is 6.03 Å². The van der Waals surface area contributed by atoms with Gasteiger partial charge in [0.1, 0.15) is 5.82 Å². The van der Waals surface area contributed by atoms with E-state index in [0.717, 1.165) is 31.6 Å². The fourth-order valence-corrected chi connectivity index (χ4v) is 2.63. The lowest BCUT2D eigenvalue weighted by atomic mass is 10.0. The molecule has 1 saturated heterocycles. The van der Waals surface area contributed by atoms with Gasteiger partial charge in [0.05, 0.1) is 0 Å². The van der Waals surface area contributed by atoms with E-state index in [0.29, 0.717) is 18.5 Å². The second-order valence-electron chi connectivity index (χ2n) is 5.63. The Morgan fingerprint density at radius 3 is 2.81 bits per heavy atom. The fourth-order valence-electron chi connectivity index (χ4n) is 2.63. The van der Waals surface area contributed by atoms with Crippen LogP contribution in [0, 0.1) is 5.82 Å². The van der Waals surface area contributed by atoms with Gasteiger partial charge in [-0.15, -0.1) is 0 Å². The van der Waals surface area contributed by atoms with Crippen molar-refractivity contribution in [3.05, 3.63) is 35.6 Å². The van der Waals surface area contributed by atoms with Crippen LogP contribution >= 0.6 is 0 Å². The van der Waals surface area contributed by atoms with E-state index in [2.05, 4.69) is 17.6 Å². The van der Waals surface area contributed by atoms with Crippen LogP contribution in [-0.4, -0.2) is 43.2 Å². The number of hydrogen-bond acceptors (Lipinski definition) is 2. The van der Waals surface area contributed by atoms with Crippen LogP contribution in [0.15, 0.2) is 24.3 Å². The monoisotopic (exact) mass is 293 g/mol. The molecule has 1 aromatic carbocycles. The molecule has 0 unspecified atom stereocenters. The van der Waals surface area contributed by atoms with Gasteiger partial charge in [0.15, 0.2) is 0 Å². The Kier molecular flexibility index (Phi) is 5.56. The molecule has 1 fully saturated rings.